The molecule has 0 aliphatic carbocycles. The zero-order valence-electron chi connectivity index (χ0n) is 24.5. The topological polar surface area (TPSA) is 107 Å². The van der Waals surface area contributed by atoms with Crippen LogP contribution in [0, 0.1) is 11.6 Å². The van der Waals surface area contributed by atoms with Gasteiger partial charge in [-0.1, -0.05) is 36.4 Å². The molecule has 2 heterocycles. The third-order valence-corrected chi connectivity index (χ3v) is 6.92. The Balaban J connectivity index is 1.34. The van der Waals surface area contributed by atoms with E-state index in [1.807, 2.05) is 50.5 Å². The molecule has 0 aliphatic heterocycles. The van der Waals surface area contributed by atoms with E-state index in [-0.39, 0.29) is 12.1 Å². The van der Waals surface area contributed by atoms with Crippen LogP contribution in [-0.4, -0.2) is 55.8 Å². The fourth-order valence-corrected chi connectivity index (χ4v) is 4.64. The molecule has 0 fully saturated rings. The van der Waals surface area contributed by atoms with Crippen molar-refractivity contribution in [2.24, 2.45) is 0 Å². The Hall–Kier alpha value is -5.29. The van der Waals surface area contributed by atoms with Crippen molar-refractivity contribution in [3.8, 4) is 0 Å². The molecular formula is C33H31F2N7O2. The first-order valence-corrected chi connectivity index (χ1v) is 13.9. The molecule has 3 aromatic carbocycles. The van der Waals surface area contributed by atoms with E-state index in [0.717, 1.165) is 40.8 Å². The van der Waals surface area contributed by atoms with Crippen molar-refractivity contribution in [1.82, 2.24) is 29.7 Å². The van der Waals surface area contributed by atoms with Crippen molar-refractivity contribution in [1.29, 1.82) is 0 Å². The smallest absolute Gasteiger partial charge is 0.263 e. The van der Waals surface area contributed by atoms with E-state index in [1.54, 1.807) is 19.2 Å². The van der Waals surface area contributed by atoms with Gasteiger partial charge in [-0.25, -0.2) is 23.7 Å². The Morgan fingerprint density at radius 2 is 1.75 bits per heavy atom. The molecule has 0 radical (unpaired) electrons. The molecule has 5 aromatic rings. The van der Waals surface area contributed by atoms with E-state index in [2.05, 4.69) is 42.3 Å². The number of halogens is 2. The third kappa shape index (κ3) is 7.37. The van der Waals surface area contributed by atoms with E-state index in [9.17, 15) is 18.4 Å². The molecule has 0 spiro atoms. The number of aromatic nitrogens is 4. The van der Waals surface area contributed by atoms with Crippen LogP contribution in [0.5, 0.6) is 0 Å². The van der Waals surface area contributed by atoms with Gasteiger partial charge in [0.25, 0.3) is 11.5 Å². The molecule has 2 aromatic heterocycles. The molecule has 11 heteroatoms. The number of fused-ring (bicyclic) bond motifs is 1. The number of carbonyl (C=O) groups is 1. The van der Waals surface area contributed by atoms with Crippen LogP contribution in [0.25, 0.3) is 17.0 Å². The predicted octanol–water partition coefficient (Wildman–Crippen LogP) is 5.54. The fraction of sp³-hybridized carbons (Fsp3) is 0.182. The van der Waals surface area contributed by atoms with E-state index >= 15 is 0 Å². The molecule has 5 rings (SSSR count). The summed E-state index contributed by atoms with van der Waals surface area (Å²) >= 11 is 0. The molecule has 0 bridgehead atoms. The zero-order chi connectivity index (χ0) is 31.2. The number of amides is 1. The standard InChI is InChI=1S/C33H31F2N7O2/c1-21(42(19-24-8-12-28(34)29(35)15-24)32(44)27-17-36-20-38-31(27)43)4-5-22-9-13-30-25(14-22)16-37-33(40-30)39-26-10-6-23(7-11-26)18-41(2)3/h4-17,20-21H,18-19H2,1-3H3,(H,36,38,43)(H,37,39,40)/b5-4+. The van der Waals surface area contributed by atoms with Crippen LogP contribution in [-0.2, 0) is 13.1 Å². The second-order valence-corrected chi connectivity index (χ2v) is 10.6. The maximum Gasteiger partial charge on any atom is 0.263 e. The molecule has 1 amide bonds. The first-order chi connectivity index (χ1) is 21.2. The Morgan fingerprint density at radius 1 is 0.977 bits per heavy atom. The van der Waals surface area contributed by atoms with Crippen LogP contribution >= 0.6 is 0 Å². The maximum atomic E-state index is 13.9. The van der Waals surface area contributed by atoms with Gasteiger partial charge in [0.05, 0.1) is 11.8 Å². The molecule has 1 atom stereocenters. The number of rotatable bonds is 10. The quantitative estimate of drug-likeness (QED) is 0.218. The van der Waals surface area contributed by atoms with Crippen LogP contribution in [0.1, 0.15) is 34.0 Å². The SMILES string of the molecule is CC(/C=C/c1ccc2nc(Nc3ccc(CN(C)C)cc3)ncc2c1)N(Cc1ccc(F)c(F)c1)C(=O)c1cnc[nH]c1=O. The fourth-order valence-electron chi connectivity index (χ4n) is 4.64. The second kappa shape index (κ2) is 13.3. The van der Waals surface area contributed by atoms with Gasteiger partial charge >= 0.3 is 0 Å². The lowest BCUT2D eigenvalue weighted by Crippen LogP contribution is -2.39. The first-order valence-electron chi connectivity index (χ1n) is 13.9. The molecule has 1 unspecified atom stereocenters. The highest BCUT2D eigenvalue weighted by Crippen LogP contribution is 2.21. The highest BCUT2D eigenvalue weighted by molar-refractivity contribution is 5.94. The van der Waals surface area contributed by atoms with E-state index in [0.29, 0.717) is 11.5 Å². The van der Waals surface area contributed by atoms with Crippen molar-refractivity contribution in [3.63, 3.8) is 0 Å². The number of hydrogen-bond acceptors (Lipinski definition) is 7. The lowest BCUT2D eigenvalue weighted by atomic mass is 10.1. The predicted molar refractivity (Wildman–Crippen MR) is 166 cm³/mol. The van der Waals surface area contributed by atoms with Gasteiger partial charge in [-0.15, -0.1) is 0 Å². The number of nitrogens with zero attached hydrogens (tertiary/aromatic N) is 5. The Bertz CT molecular complexity index is 1870. The minimum absolute atomic E-state index is 0.0599. The number of H-pyrrole nitrogens is 1. The summed E-state index contributed by atoms with van der Waals surface area (Å²) in [5.41, 5.74) is 3.30. The van der Waals surface area contributed by atoms with Crippen molar-refractivity contribution >= 4 is 34.5 Å². The van der Waals surface area contributed by atoms with Gasteiger partial charge in [-0.3, -0.25) is 9.59 Å². The number of anilines is 2. The summed E-state index contributed by atoms with van der Waals surface area (Å²) in [5.74, 6) is -2.13. The van der Waals surface area contributed by atoms with Crippen molar-refractivity contribution < 1.29 is 13.6 Å². The van der Waals surface area contributed by atoms with Gasteiger partial charge in [0.2, 0.25) is 5.95 Å². The molecule has 2 N–H and O–H groups in total. The Labute approximate surface area is 252 Å². The second-order valence-electron chi connectivity index (χ2n) is 10.6. The maximum absolute atomic E-state index is 13.9. The minimum atomic E-state index is -1.02. The average molecular weight is 596 g/mol. The van der Waals surface area contributed by atoms with Gasteiger partial charge < -0.3 is 20.1 Å². The highest BCUT2D eigenvalue weighted by atomic mass is 19.2. The van der Waals surface area contributed by atoms with E-state index in [1.165, 1.54) is 29.1 Å². The normalized spacial score (nSPS) is 12.1. The average Bonchev–Trinajstić information content (AvgIpc) is 3.01. The molecule has 44 heavy (non-hydrogen) atoms. The van der Waals surface area contributed by atoms with Gasteiger partial charge in [0, 0.05) is 42.6 Å². The molecule has 0 saturated carbocycles. The van der Waals surface area contributed by atoms with E-state index in [4.69, 9.17) is 0 Å². The van der Waals surface area contributed by atoms with Gasteiger partial charge in [0.15, 0.2) is 11.6 Å². The van der Waals surface area contributed by atoms with Crippen LogP contribution in [0.4, 0.5) is 20.4 Å². The molecule has 0 aliphatic rings. The lowest BCUT2D eigenvalue weighted by molar-refractivity contribution is 0.0707. The highest BCUT2D eigenvalue weighted by Gasteiger charge is 2.23. The largest absolute Gasteiger partial charge is 0.328 e. The number of nitrogens with one attached hydrogen (secondary N) is 2. The van der Waals surface area contributed by atoms with E-state index < -0.39 is 29.1 Å². The van der Waals surface area contributed by atoms with Crippen LogP contribution in [0.3, 0.4) is 0 Å². The summed E-state index contributed by atoms with van der Waals surface area (Å²) in [6.07, 6.45) is 7.74. The Kier molecular flexibility index (Phi) is 9.15. The molecule has 0 saturated heterocycles. The number of aromatic amines is 1. The lowest BCUT2D eigenvalue weighted by Gasteiger charge is -2.27. The summed E-state index contributed by atoms with van der Waals surface area (Å²) in [7, 11) is 4.05. The number of benzene rings is 3. The third-order valence-electron chi connectivity index (χ3n) is 6.92. The molecule has 224 valence electrons. The monoisotopic (exact) mass is 595 g/mol. The number of carbonyl (C=O) groups excluding carboxylic acids is 1. The number of hydrogen-bond donors (Lipinski definition) is 2. The van der Waals surface area contributed by atoms with Gasteiger partial charge in [0.1, 0.15) is 5.56 Å². The van der Waals surface area contributed by atoms with Gasteiger partial charge in [-0.05, 0) is 74.1 Å². The van der Waals surface area contributed by atoms with Crippen molar-refractivity contribution in [3.05, 3.63) is 130 Å². The zero-order valence-corrected chi connectivity index (χ0v) is 24.5. The van der Waals surface area contributed by atoms with Crippen LogP contribution in [0.2, 0.25) is 0 Å². The summed E-state index contributed by atoms with van der Waals surface area (Å²) < 4.78 is 27.5. The minimum Gasteiger partial charge on any atom is -0.328 e. The first kappa shape index (κ1) is 30.2. The van der Waals surface area contributed by atoms with Crippen molar-refractivity contribution in [2.75, 3.05) is 19.4 Å². The Morgan fingerprint density at radius 3 is 2.48 bits per heavy atom. The summed E-state index contributed by atoms with van der Waals surface area (Å²) in [4.78, 5) is 44.6. The summed E-state index contributed by atoms with van der Waals surface area (Å²) in [6.45, 7) is 2.57. The molecule has 9 nitrogen and oxygen atoms in total. The summed E-state index contributed by atoms with van der Waals surface area (Å²) in [5, 5.41) is 4.06. The van der Waals surface area contributed by atoms with Crippen molar-refractivity contribution in [2.45, 2.75) is 26.1 Å². The van der Waals surface area contributed by atoms with Crippen LogP contribution < -0.4 is 10.9 Å². The summed E-state index contributed by atoms with van der Waals surface area (Å²) in [6, 6.07) is 16.7. The van der Waals surface area contributed by atoms with Gasteiger partial charge in [-0.2, -0.15) is 0 Å². The molecular weight excluding hydrogens is 564 g/mol. The van der Waals surface area contributed by atoms with Crippen LogP contribution in [0.15, 0.2) is 90.3 Å².